The van der Waals surface area contributed by atoms with Gasteiger partial charge in [-0.25, -0.2) is 0 Å². The molecule has 5 heteroatoms. The molecule has 118 valence electrons. The van der Waals surface area contributed by atoms with Gasteiger partial charge in [-0.15, -0.1) is 0 Å². The van der Waals surface area contributed by atoms with Crippen LogP contribution in [0.3, 0.4) is 0 Å². The van der Waals surface area contributed by atoms with Crippen LogP contribution in [0.4, 0.5) is 0 Å². The van der Waals surface area contributed by atoms with Gasteiger partial charge in [-0.1, -0.05) is 12.8 Å². The molecule has 0 aromatic rings. The van der Waals surface area contributed by atoms with Crippen molar-refractivity contribution < 1.29 is 9.84 Å². The first-order valence-corrected chi connectivity index (χ1v) is 7.99. The molecule has 5 nitrogen and oxygen atoms in total. The first-order chi connectivity index (χ1) is 9.62. The maximum Gasteiger partial charge on any atom is 0.0791 e. The molecule has 2 fully saturated rings. The highest BCUT2D eigenvalue weighted by Crippen LogP contribution is 2.32. The summed E-state index contributed by atoms with van der Waals surface area (Å²) >= 11 is 0. The second-order valence-electron chi connectivity index (χ2n) is 6.52. The molecule has 1 atom stereocenters. The van der Waals surface area contributed by atoms with E-state index in [-0.39, 0.29) is 6.10 Å². The van der Waals surface area contributed by atoms with Crippen molar-refractivity contribution in [1.29, 1.82) is 0 Å². The Morgan fingerprint density at radius 2 is 1.90 bits per heavy atom. The third-order valence-corrected chi connectivity index (χ3v) is 4.89. The van der Waals surface area contributed by atoms with E-state index in [0.29, 0.717) is 12.1 Å². The topological polar surface area (TPSA) is 48.0 Å². The quantitative estimate of drug-likeness (QED) is 0.697. The lowest BCUT2D eigenvalue weighted by molar-refractivity contribution is 0.0142. The van der Waals surface area contributed by atoms with Gasteiger partial charge >= 0.3 is 0 Å². The van der Waals surface area contributed by atoms with Crippen molar-refractivity contribution in [2.24, 2.45) is 0 Å². The fraction of sp³-hybridized carbons (Fsp3) is 1.00. The maximum absolute atomic E-state index is 10.1. The molecular weight excluding hydrogens is 254 g/mol. The van der Waals surface area contributed by atoms with Gasteiger partial charge in [0.25, 0.3) is 0 Å². The van der Waals surface area contributed by atoms with Gasteiger partial charge in [0.1, 0.15) is 0 Å². The molecule has 0 amide bonds. The van der Waals surface area contributed by atoms with Crippen LogP contribution in [-0.4, -0.2) is 86.6 Å². The van der Waals surface area contributed by atoms with E-state index in [1.807, 2.05) is 0 Å². The Labute approximate surface area is 123 Å². The molecule has 1 aliphatic carbocycles. The van der Waals surface area contributed by atoms with E-state index < -0.39 is 0 Å². The van der Waals surface area contributed by atoms with E-state index in [1.165, 1.54) is 25.7 Å². The summed E-state index contributed by atoms with van der Waals surface area (Å²) in [6, 6.07) is 0. The summed E-state index contributed by atoms with van der Waals surface area (Å²) in [4.78, 5) is 4.65. The first kappa shape index (κ1) is 16.2. The molecule has 20 heavy (non-hydrogen) atoms. The molecule has 2 rings (SSSR count). The van der Waals surface area contributed by atoms with Gasteiger partial charge in [0, 0.05) is 38.3 Å². The van der Waals surface area contributed by atoms with Crippen molar-refractivity contribution in [3.63, 3.8) is 0 Å². The number of aliphatic hydroxyl groups excluding tert-OH is 1. The number of nitrogens with zero attached hydrogens (tertiary/aromatic N) is 2. The summed E-state index contributed by atoms with van der Waals surface area (Å²) in [7, 11) is 4.36. The monoisotopic (exact) mass is 285 g/mol. The van der Waals surface area contributed by atoms with E-state index in [1.54, 1.807) is 0 Å². The van der Waals surface area contributed by atoms with E-state index in [4.69, 9.17) is 4.74 Å². The second kappa shape index (κ2) is 7.71. The van der Waals surface area contributed by atoms with Crippen molar-refractivity contribution in [3.05, 3.63) is 0 Å². The number of β-amino-alcohol motifs (C(OH)–C–C–N with tert-alkyl or cyclic N) is 1. The van der Waals surface area contributed by atoms with E-state index in [2.05, 4.69) is 29.2 Å². The molecule has 2 aliphatic rings. The Kier molecular flexibility index (Phi) is 6.23. The van der Waals surface area contributed by atoms with Crippen LogP contribution >= 0.6 is 0 Å². The average molecular weight is 285 g/mol. The van der Waals surface area contributed by atoms with Crippen LogP contribution in [0.15, 0.2) is 0 Å². The Balaban J connectivity index is 1.66. The van der Waals surface area contributed by atoms with Gasteiger partial charge in [-0.05, 0) is 26.9 Å². The number of aliphatic hydroxyl groups is 1. The third-order valence-electron chi connectivity index (χ3n) is 4.89. The van der Waals surface area contributed by atoms with Crippen molar-refractivity contribution in [3.8, 4) is 0 Å². The maximum atomic E-state index is 10.1. The molecule has 1 aliphatic heterocycles. The molecule has 0 spiro atoms. The number of hydrogen-bond acceptors (Lipinski definition) is 5. The number of rotatable bonds is 7. The van der Waals surface area contributed by atoms with Crippen LogP contribution in [0.25, 0.3) is 0 Å². The van der Waals surface area contributed by atoms with Crippen LogP contribution in [-0.2, 0) is 4.74 Å². The van der Waals surface area contributed by atoms with E-state index >= 15 is 0 Å². The molecule has 1 unspecified atom stereocenters. The van der Waals surface area contributed by atoms with Crippen LogP contribution in [0.2, 0.25) is 0 Å². The van der Waals surface area contributed by atoms with Gasteiger partial charge in [-0.3, -0.25) is 4.90 Å². The second-order valence-corrected chi connectivity index (χ2v) is 6.52. The van der Waals surface area contributed by atoms with E-state index in [9.17, 15) is 5.11 Å². The summed E-state index contributed by atoms with van der Waals surface area (Å²) in [6.45, 7) is 5.91. The predicted molar refractivity (Wildman–Crippen MR) is 81.0 cm³/mol. The van der Waals surface area contributed by atoms with Crippen molar-refractivity contribution >= 4 is 0 Å². The van der Waals surface area contributed by atoms with Crippen molar-refractivity contribution in [1.82, 2.24) is 15.1 Å². The molecule has 0 radical (unpaired) electrons. The molecule has 0 aromatic heterocycles. The lowest BCUT2D eigenvalue weighted by Gasteiger charge is -2.37. The fourth-order valence-corrected chi connectivity index (χ4v) is 3.43. The summed E-state index contributed by atoms with van der Waals surface area (Å²) in [5.74, 6) is 0. The molecule has 2 N–H and O–H groups in total. The number of ether oxygens (including phenoxy) is 1. The lowest BCUT2D eigenvalue weighted by atomic mass is 9.96. The summed E-state index contributed by atoms with van der Waals surface area (Å²) < 4.78 is 5.33. The summed E-state index contributed by atoms with van der Waals surface area (Å²) in [6.07, 6.45) is 4.92. The Hall–Kier alpha value is -0.200. The Bertz CT molecular complexity index is 274. The summed E-state index contributed by atoms with van der Waals surface area (Å²) in [5.41, 5.74) is 0.304. The zero-order valence-electron chi connectivity index (χ0n) is 13.1. The van der Waals surface area contributed by atoms with Crippen LogP contribution < -0.4 is 5.32 Å². The highest BCUT2D eigenvalue weighted by molar-refractivity contribution is 4.94. The average Bonchev–Trinajstić information content (AvgIpc) is 2.90. The largest absolute Gasteiger partial charge is 0.390 e. The van der Waals surface area contributed by atoms with Crippen molar-refractivity contribution in [2.45, 2.75) is 37.3 Å². The van der Waals surface area contributed by atoms with Gasteiger partial charge < -0.3 is 20.1 Å². The fourth-order valence-electron chi connectivity index (χ4n) is 3.43. The molecular formula is C15H31N3O2. The molecule has 1 saturated heterocycles. The lowest BCUT2D eigenvalue weighted by Crippen LogP contribution is -2.51. The van der Waals surface area contributed by atoms with Crippen LogP contribution in [0.1, 0.15) is 25.7 Å². The number of nitrogens with one attached hydrogen (secondary N) is 1. The smallest absolute Gasteiger partial charge is 0.0791 e. The summed E-state index contributed by atoms with van der Waals surface area (Å²) in [5, 5.41) is 13.6. The minimum absolute atomic E-state index is 0.284. The van der Waals surface area contributed by atoms with Crippen LogP contribution in [0.5, 0.6) is 0 Å². The SMILES string of the molecule is CN(C)C1(CNCC(O)CN2CCOCC2)CCCC1. The Morgan fingerprint density at radius 3 is 2.50 bits per heavy atom. The number of likely N-dealkylation sites (N-methyl/N-ethyl adjacent to an activating group) is 1. The van der Waals surface area contributed by atoms with Gasteiger partial charge in [-0.2, -0.15) is 0 Å². The minimum Gasteiger partial charge on any atom is -0.390 e. The highest BCUT2D eigenvalue weighted by atomic mass is 16.5. The minimum atomic E-state index is -0.284. The normalized spacial score (nSPS) is 25.2. The van der Waals surface area contributed by atoms with Gasteiger partial charge in [0.15, 0.2) is 0 Å². The van der Waals surface area contributed by atoms with Gasteiger partial charge in [0.05, 0.1) is 19.3 Å². The third kappa shape index (κ3) is 4.40. The molecule has 1 heterocycles. The highest BCUT2D eigenvalue weighted by Gasteiger charge is 2.35. The number of hydrogen-bond donors (Lipinski definition) is 2. The van der Waals surface area contributed by atoms with Gasteiger partial charge in [0.2, 0.25) is 0 Å². The standard InChI is InChI=1S/C15H31N3O2/c1-17(2)15(5-3-4-6-15)13-16-11-14(19)12-18-7-9-20-10-8-18/h14,16,19H,3-13H2,1-2H3. The van der Waals surface area contributed by atoms with Crippen molar-refractivity contribution in [2.75, 3.05) is 60.0 Å². The van der Waals surface area contributed by atoms with Crippen LogP contribution in [0, 0.1) is 0 Å². The zero-order valence-corrected chi connectivity index (χ0v) is 13.1. The first-order valence-electron chi connectivity index (χ1n) is 7.99. The van der Waals surface area contributed by atoms with E-state index in [0.717, 1.165) is 39.4 Å². The predicted octanol–water partition coefficient (Wildman–Crippen LogP) is 0.144. The zero-order chi connectivity index (χ0) is 14.4. The molecule has 0 aromatic carbocycles. The molecule has 0 bridgehead atoms. The number of morpholine rings is 1. The Morgan fingerprint density at radius 1 is 1.25 bits per heavy atom. The molecule has 1 saturated carbocycles.